The van der Waals surface area contributed by atoms with Gasteiger partial charge in [-0.2, -0.15) is 0 Å². The minimum absolute atomic E-state index is 0.146. The van der Waals surface area contributed by atoms with Gasteiger partial charge in [-0.1, -0.05) is 6.07 Å². The van der Waals surface area contributed by atoms with Gasteiger partial charge in [-0.25, -0.2) is 4.98 Å². The zero-order valence-electron chi connectivity index (χ0n) is 12.4. The maximum Gasteiger partial charge on any atom is 0.136 e. The second-order valence-corrected chi connectivity index (χ2v) is 5.26. The topological polar surface area (TPSA) is 50.1 Å². The Morgan fingerprint density at radius 2 is 1.90 bits per heavy atom. The Labute approximate surface area is 120 Å². The van der Waals surface area contributed by atoms with Gasteiger partial charge in [-0.15, -0.1) is 0 Å². The molecule has 0 spiro atoms. The summed E-state index contributed by atoms with van der Waals surface area (Å²) in [6, 6.07) is 8.53. The van der Waals surface area contributed by atoms with Crippen LogP contribution in [0.15, 0.2) is 30.5 Å². The van der Waals surface area contributed by atoms with E-state index >= 15 is 0 Å². The minimum atomic E-state index is 0.146. The van der Waals surface area contributed by atoms with Crippen LogP contribution in [-0.2, 0) is 6.42 Å². The van der Waals surface area contributed by atoms with E-state index in [1.54, 1.807) is 0 Å². The lowest BCUT2D eigenvalue weighted by Gasteiger charge is -2.11. The number of aromatic nitrogens is 2. The van der Waals surface area contributed by atoms with Crippen LogP contribution in [0.5, 0.6) is 0 Å². The number of rotatable bonds is 6. The van der Waals surface area contributed by atoms with Gasteiger partial charge in [0.05, 0.1) is 6.61 Å². The van der Waals surface area contributed by atoms with Crippen LogP contribution in [0.2, 0.25) is 0 Å². The number of pyridine rings is 1. The molecule has 0 bridgehead atoms. The SMILES string of the molecule is Cc1ccc(C)n1-c1ccc(CCN[C@@H](C)CO)cn1. The summed E-state index contributed by atoms with van der Waals surface area (Å²) in [4.78, 5) is 4.55. The van der Waals surface area contributed by atoms with Crippen molar-refractivity contribution in [2.45, 2.75) is 33.2 Å². The largest absolute Gasteiger partial charge is 0.395 e. The number of nitrogens with zero attached hydrogens (tertiary/aromatic N) is 2. The van der Waals surface area contributed by atoms with Gasteiger partial charge in [0, 0.05) is 23.6 Å². The molecule has 0 fully saturated rings. The molecule has 108 valence electrons. The van der Waals surface area contributed by atoms with E-state index in [9.17, 15) is 0 Å². The van der Waals surface area contributed by atoms with Crippen LogP contribution in [0.1, 0.15) is 23.9 Å². The van der Waals surface area contributed by atoms with Crippen molar-refractivity contribution >= 4 is 0 Å². The normalized spacial score (nSPS) is 12.6. The lowest BCUT2D eigenvalue weighted by atomic mass is 10.2. The monoisotopic (exact) mass is 273 g/mol. The molecule has 0 unspecified atom stereocenters. The second-order valence-electron chi connectivity index (χ2n) is 5.26. The van der Waals surface area contributed by atoms with Crippen molar-refractivity contribution in [2.75, 3.05) is 13.2 Å². The van der Waals surface area contributed by atoms with E-state index in [1.165, 1.54) is 17.0 Å². The fraction of sp³-hybridized carbons (Fsp3) is 0.438. The smallest absolute Gasteiger partial charge is 0.136 e. The molecule has 2 heterocycles. The van der Waals surface area contributed by atoms with Gasteiger partial charge in [-0.3, -0.25) is 0 Å². The average molecular weight is 273 g/mol. The minimum Gasteiger partial charge on any atom is -0.395 e. The molecule has 2 aromatic heterocycles. The first-order chi connectivity index (χ1) is 9.61. The van der Waals surface area contributed by atoms with Gasteiger partial charge >= 0.3 is 0 Å². The summed E-state index contributed by atoms with van der Waals surface area (Å²) in [5.41, 5.74) is 3.59. The summed E-state index contributed by atoms with van der Waals surface area (Å²) in [6.07, 6.45) is 2.85. The Hall–Kier alpha value is -1.65. The van der Waals surface area contributed by atoms with Crippen molar-refractivity contribution in [3.63, 3.8) is 0 Å². The summed E-state index contributed by atoms with van der Waals surface area (Å²) in [5, 5.41) is 12.2. The number of hydrogen-bond acceptors (Lipinski definition) is 3. The Morgan fingerprint density at radius 3 is 2.45 bits per heavy atom. The van der Waals surface area contributed by atoms with Crippen LogP contribution in [0.4, 0.5) is 0 Å². The molecule has 0 saturated heterocycles. The summed E-state index contributed by atoms with van der Waals surface area (Å²) in [7, 11) is 0. The fourth-order valence-corrected chi connectivity index (χ4v) is 2.25. The summed E-state index contributed by atoms with van der Waals surface area (Å²) >= 11 is 0. The number of nitrogens with one attached hydrogen (secondary N) is 1. The molecule has 4 nitrogen and oxygen atoms in total. The highest BCUT2D eigenvalue weighted by Crippen LogP contribution is 2.14. The maximum atomic E-state index is 8.95. The molecule has 0 amide bonds. The molecule has 0 aromatic carbocycles. The molecule has 4 heteroatoms. The highest BCUT2D eigenvalue weighted by molar-refractivity contribution is 5.32. The van der Waals surface area contributed by atoms with Crippen molar-refractivity contribution in [1.82, 2.24) is 14.9 Å². The summed E-state index contributed by atoms with van der Waals surface area (Å²) < 4.78 is 2.15. The maximum absolute atomic E-state index is 8.95. The second kappa shape index (κ2) is 6.68. The Kier molecular flexibility index (Phi) is 4.93. The first kappa shape index (κ1) is 14.8. The molecule has 0 aliphatic heterocycles. The molecule has 0 saturated carbocycles. The van der Waals surface area contributed by atoms with E-state index in [0.717, 1.165) is 18.8 Å². The molecule has 0 radical (unpaired) electrons. The van der Waals surface area contributed by atoms with Crippen molar-refractivity contribution in [2.24, 2.45) is 0 Å². The Balaban J connectivity index is 2.00. The molecule has 0 aliphatic carbocycles. The predicted octanol–water partition coefficient (Wildman–Crippen LogP) is 2.00. The van der Waals surface area contributed by atoms with E-state index in [4.69, 9.17) is 5.11 Å². The number of aryl methyl sites for hydroxylation is 2. The van der Waals surface area contributed by atoms with Crippen molar-refractivity contribution < 1.29 is 5.11 Å². The molecular formula is C16H23N3O. The van der Waals surface area contributed by atoms with Crippen LogP contribution < -0.4 is 5.32 Å². The van der Waals surface area contributed by atoms with Crippen molar-refractivity contribution in [3.05, 3.63) is 47.4 Å². The highest BCUT2D eigenvalue weighted by atomic mass is 16.3. The van der Waals surface area contributed by atoms with Crippen LogP contribution in [0.25, 0.3) is 5.82 Å². The van der Waals surface area contributed by atoms with Gasteiger partial charge < -0.3 is 15.0 Å². The first-order valence-electron chi connectivity index (χ1n) is 7.06. The predicted molar refractivity (Wildman–Crippen MR) is 81.3 cm³/mol. The Morgan fingerprint density at radius 1 is 1.20 bits per heavy atom. The lowest BCUT2D eigenvalue weighted by Crippen LogP contribution is -2.30. The molecule has 2 rings (SSSR count). The van der Waals surface area contributed by atoms with Crippen LogP contribution >= 0.6 is 0 Å². The number of aliphatic hydroxyl groups is 1. The quantitative estimate of drug-likeness (QED) is 0.846. The van der Waals surface area contributed by atoms with Gasteiger partial charge in [0.2, 0.25) is 0 Å². The standard InChI is InChI=1S/C16H23N3O/c1-12(11-20)17-9-8-15-6-7-16(18-10-15)19-13(2)4-5-14(19)3/h4-7,10,12,17,20H,8-9,11H2,1-3H3/t12-/m0/s1. The van der Waals surface area contributed by atoms with E-state index < -0.39 is 0 Å². The average Bonchev–Trinajstić information content (AvgIpc) is 2.79. The molecule has 2 aromatic rings. The number of hydrogen-bond donors (Lipinski definition) is 2. The van der Waals surface area contributed by atoms with Crippen LogP contribution in [0.3, 0.4) is 0 Å². The van der Waals surface area contributed by atoms with E-state index in [2.05, 4.69) is 53.0 Å². The summed E-state index contributed by atoms with van der Waals surface area (Å²) in [5.74, 6) is 0.963. The Bertz CT molecular complexity index is 526. The van der Waals surface area contributed by atoms with E-state index in [0.29, 0.717) is 0 Å². The fourth-order valence-electron chi connectivity index (χ4n) is 2.25. The van der Waals surface area contributed by atoms with Crippen molar-refractivity contribution in [1.29, 1.82) is 0 Å². The van der Waals surface area contributed by atoms with Crippen LogP contribution in [0, 0.1) is 13.8 Å². The molecule has 2 N–H and O–H groups in total. The molecule has 20 heavy (non-hydrogen) atoms. The van der Waals surface area contributed by atoms with E-state index in [1.807, 2.05) is 13.1 Å². The molecule has 0 aliphatic rings. The van der Waals surface area contributed by atoms with Crippen LogP contribution in [-0.4, -0.2) is 33.9 Å². The third kappa shape index (κ3) is 3.46. The van der Waals surface area contributed by atoms with Gasteiger partial charge in [0.25, 0.3) is 0 Å². The van der Waals surface area contributed by atoms with Crippen molar-refractivity contribution in [3.8, 4) is 5.82 Å². The molecular weight excluding hydrogens is 250 g/mol. The van der Waals surface area contributed by atoms with E-state index in [-0.39, 0.29) is 12.6 Å². The third-order valence-electron chi connectivity index (χ3n) is 3.49. The third-order valence-corrected chi connectivity index (χ3v) is 3.49. The van der Waals surface area contributed by atoms with Gasteiger partial charge in [0.15, 0.2) is 0 Å². The zero-order chi connectivity index (χ0) is 14.5. The number of aliphatic hydroxyl groups excluding tert-OH is 1. The highest BCUT2D eigenvalue weighted by Gasteiger charge is 2.05. The zero-order valence-corrected chi connectivity index (χ0v) is 12.4. The van der Waals surface area contributed by atoms with Gasteiger partial charge in [0.1, 0.15) is 5.82 Å². The summed E-state index contributed by atoms with van der Waals surface area (Å²) in [6.45, 7) is 7.16. The molecule has 1 atom stereocenters. The lowest BCUT2D eigenvalue weighted by molar-refractivity contribution is 0.252. The first-order valence-corrected chi connectivity index (χ1v) is 7.06. The van der Waals surface area contributed by atoms with Gasteiger partial charge in [-0.05, 0) is 57.5 Å².